The van der Waals surface area contributed by atoms with Crippen molar-refractivity contribution in [2.75, 3.05) is 19.8 Å². The lowest BCUT2D eigenvalue weighted by Gasteiger charge is -2.07. The van der Waals surface area contributed by atoms with Crippen LogP contribution in [0.3, 0.4) is 0 Å². The second-order valence-corrected chi connectivity index (χ2v) is 3.39. The standard InChI is InChI=1S/C12H16F2O2/c1-2-3-6-15-7-8-16-12-5-4-10(13)9-11(12)14/h4-5,9H,2-3,6-8H2,1H3. The van der Waals surface area contributed by atoms with Gasteiger partial charge in [-0.3, -0.25) is 0 Å². The van der Waals surface area contributed by atoms with Gasteiger partial charge in [0.1, 0.15) is 12.4 Å². The largest absolute Gasteiger partial charge is 0.488 e. The molecule has 1 aromatic carbocycles. The van der Waals surface area contributed by atoms with Crippen molar-refractivity contribution >= 4 is 0 Å². The predicted molar refractivity (Wildman–Crippen MR) is 57.6 cm³/mol. The van der Waals surface area contributed by atoms with Gasteiger partial charge in [0.05, 0.1) is 6.61 Å². The maximum atomic E-state index is 13.1. The minimum atomic E-state index is -0.687. The molecule has 0 aliphatic heterocycles. The second-order valence-electron chi connectivity index (χ2n) is 3.39. The summed E-state index contributed by atoms with van der Waals surface area (Å²) in [5.41, 5.74) is 0. The highest BCUT2D eigenvalue weighted by molar-refractivity contribution is 5.24. The van der Waals surface area contributed by atoms with E-state index in [9.17, 15) is 8.78 Å². The van der Waals surface area contributed by atoms with E-state index < -0.39 is 11.6 Å². The molecule has 0 fully saturated rings. The summed E-state index contributed by atoms with van der Waals surface area (Å²) in [6.07, 6.45) is 2.08. The fourth-order valence-electron chi connectivity index (χ4n) is 1.15. The molecule has 0 atom stereocenters. The van der Waals surface area contributed by atoms with E-state index in [2.05, 4.69) is 6.92 Å². The number of rotatable bonds is 7. The maximum Gasteiger partial charge on any atom is 0.167 e. The Morgan fingerprint density at radius 2 is 1.94 bits per heavy atom. The van der Waals surface area contributed by atoms with Crippen molar-refractivity contribution in [1.29, 1.82) is 0 Å². The quantitative estimate of drug-likeness (QED) is 0.670. The monoisotopic (exact) mass is 230 g/mol. The molecule has 0 aliphatic carbocycles. The fourth-order valence-corrected chi connectivity index (χ4v) is 1.15. The molecule has 0 aromatic heterocycles. The summed E-state index contributed by atoms with van der Waals surface area (Å²) in [7, 11) is 0. The highest BCUT2D eigenvalue weighted by atomic mass is 19.1. The fraction of sp³-hybridized carbons (Fsp3) is 0.500. The Morgan fingerprint density at radius 3 is 2.62 bits per heavy atom. The Hall–Kier alpha value is -1.16. The van der Waals surface area contributed by atoms with Gasteiger partial charge in [-0.25, -0.2) is 8.78 Å². The Labute approximate surface area is 94.2 Å². The van der Waals surface area contributed by atoms with E-state index in [0.29, 0.717) is 13.2 Å². The Bertz CT molecular complexity index is 316. The molecule has 1 aromatic rings. The third-order valence-electron chi connectivity index (χ3n) is 2.02. The van der Waals surface area contributed by atoms with Gasteiger partial charge < -0.3 is 9.47 Å². The first kappa shape index (κ1) is 12.9. The molecule has 2 nitrogen and oxygen atoms in total. The van der Waals surface area contributed by atoms with E-state index in [4.69, 9.17) is 9.47 Å². The highest BCUT2D eigenvalue weighted by Gasteiger charge is 2.03. The molecule has 16 heavy (non-hydrogen) atoms. The van der Waals surface area contributed by atoms with E-state index in [1.807, 2.05) is 0 Å². The van der Waals surface area contributed by atoms with Gasteiger partial charge in [0.25, 0.3) is 0 Å². The minimum Gasteiger partial charge on any atom is -0.488 e. The van der Waals surface area contributed by atoms with Crippen molar-refractivity contribution in [3.63, 3.8) is 0 Å². The van der Waals surface area contributed by atoms with Crippen LogP contribution < -0.4 is 4.74 Å². The molecule has 0 unspecified atom stereocenters. The molecule has 4 heteroatoms. The molecular weight excluding hydrogens is 214 g/mol. The van der Waals surface area contributed by atoms with Crippen molar-refractivity contribution < 1.29 is 18.3 Å². The van der Waals surface area contributed by atoms with Gasteiger partial charge in [-0.2, -0.15) is 0 Å². The number of halogens is 2. The molecule has 0 heterocycles. The molecule has 0 N–H and O–H groups in total. The third kappa shape index (κ3) is 4.57. The summed E-state index contributed by atoms with van der Waals surface area (Å²) in [6.45, 7) is 3.45. The van der Waals surface area contributed by atoms with Crippen molar-refractivity contribution in [1.82, 2.24) is 0 Å². The molecule has 90 valence electrons. The first-order valence-corrected chi connectivity index (χ1v) is 5.39. The SMILES string of the molecule is CCCCOCCOc1ccc(F)cc1F. The van der Waals surface area contributed by atoms with Crippen molar-refractivity contribution in [3.8, 4) is 5.75 Å². The summed E-state index contributed by atoms with van der Waals surface area (Å²) < 4.78 is 36.0. The Balaban J connectivity index is 2.21. The normalized spacial score (nSPS) is 10.4. The number of unbranched alkanes of at least 4 members (excludes halogenated alkanes) is 1. The van der Waals surface area contributed by atoms with Crippen LogP contribution in [0.4, 0.5) is 8.78 Å². The van der Waals surface area contributed by atoms with Crippen molar-refractivity contribution in [2.45, 2.75) is 19.8 Å². The van der Waals surface area contributed by atoms with Crippen LogP contribution in [0.2, 0.25) is 0 Å². The molecule has 0 radical (unpaired) electrons. The van der Waals surface area contributed by atoms with Crippen LogP contribution >= 0.6 is 0 Å². The average Bonchev–Trinajstić information content (AvgIpc) is 2.26. The summed E-state index contributed by atoms with van der Waals surface area (Å²) in [4.78, 5) is 0. The molecule has 0 spiro atoms. The van der Waals surface area contributed by atoms with Gasteiger partial charge in [-0.05, 0) is 18.6 Å². The minimum absolute atomic E-state index is 0.0560. The van der Waals surface area contributed by atoms with E-state index in [0.717, 1.165) is 25.0 Å². The van der Waals surface area contributed by atoms with E-state index in [-0.39, 0.29) is 12.4 Å². The molecule has 0 aliphatic rings. The predicted octanol–water partition coefficient (Wildman–Crippen LogP) is 3.16. The van der Waals surface area contributed by atoms with Gasteiger partial charge >= 0.3 is 0 Å². The van der Waals surface area contributed by atoms with Crippen LogP contribution in [0.1, 0.15) is 19.8 Å². The number of benzene rings is 1. The first-order valence-electron chi connectivity index (χ1n) is 5.39. The summed E-state index contributed by atoms with van der Waals surface area (Å²) in [5.74, 6) is -1.24. The zero-order valence-corrected chi connectivity index (χ0v) is 9.34. The van der Waals surface area contributed by atoms with Gasteiger partial charge in [0, 0.05) is 12.7 Å². The van der Waals surface area contributed by atoms with E-state index in [1.54, 1.807) is 0 Å². The summed E-state index contributed by atoms with van der Waals surface area (Å²) in [5, 5.41) is 0. The molecule has 0 saturated heterocycles. The van der Waals surface area contributed by atoms with Gasteiger partial charge in [-0.15, -0.1) is 0 Å². The lowest BCUT2D eigenvalue weighted by Crippen LogP contribution is -2.08. The van der Waals surface area contributed by atoms with Crippen molar-refractivity contribution in [2.24, 2.45) is 0 Å². The van der Waals surface area contributed by atoms with Crippen molar-refractivity contribution in [3.05, 3.63) is 29.8 Å². The third-order valence-corrected chi connectivity index (χ3v) is 2.02. The average molecular weight is 230 g/mol. The molecular formula is C12H16F2O2. The van der Waals surface area contributed by atoms with Gasteiger partial charge in [-0.1, -0.05) is 13.3 Å². The van der Waals surface area contributed by atoms with Gasteiger partial charge in [0.15, 0.2) is 11.6 Å². The van der Waals surface area contributed by atoms with E-state index in [1.165, 1.54) is 6.07 Å². The zero-order chi connectivity index (χ0) is 11.8. The van der Waals surface area contributed by atoms with Crippen LogP contribution in [0.5, 0.6) is 5.75 Å². The lowest BCUT2D eigenvalue weighted by molar-refractivity contribution is 0.0966. The zero-order valence-electron chi connectivity index (χ0n) is 9.34. The van der Waals surface area contributed by atoms with Crippen LogP contribution in [0, 0.1) is 11.6 Å². The van der Waals surface area contributed by atoms with E-state index >= 15 is 0 Å². The summed E-state index contributed by atoms with van der Waals surface area (Å²) >= 11 is 0. The van der Waals surface area contributed by atoms with Crippen LogP contribution in [0.25, 0.3) is 0 Å². The molecule has 0 bridgehead atoms. The number of ether oxygens (including phenoxy) is 2. The van der Waals surface area contributed by atoms with Crippen LogP contribution in [-0.4, -0.2) is 19.8 Å². The molecule has 0 amide bonds. The smallest absolute Gasteiger partial charge is 0.167 e. The van der Waals surface area contributed by atoms with Crippen LogP contribution in [0.15, 0.2) is 18.2 Å². The number of hydrogen-bond acceptors (Lipinski definition) is 2. The maximum absolute atomic E-state index is 13.1. The van der Waals surface area contributed by atoms with Gasteiger partial charge in [0.2, 0.25) is 0 Å². The van der Waals surface area contributed by atoms with Crippen LogP contribution in [-0.2, 0) is 4.74 Å². The molecule has 1 rings (SSSR count). The second kappa shape index (κ2) is 7.17. The Morgan fingerprint density at radius 1 is 1.12 bits per heavy atom. The highest BCUT2D eigenvalue weighted by Crippen LogP contribution is 2.17. The lowest BCUT2D eigenvalue weighted by atomic mass is 10.3. The molecule has 0 saturated carbocycles. The first-order chi connectivity index (χ1) is 7.74. The number of hydrogen-bond donors (Lipinski definition) is 0. The Kier molecular flexibility index (Phi) is 5.78. The topological polar surface area (TPSA) is 18.5 Å². The summed E-state index contributed by atoms with van der Waals surface area (Å²) in [6, 6.07) is 3.24.